The van der Waals surface area contributed by atoms with Crippen LogP contribution in [0.4, 0.5) is 0 Å². The van der Waals surface area contributed by atoms with Gasteiger partial charge in [0.2, 0.25) is 0 Å². The van der Waals surface area contributed by atoms with E-state index in [-0.39, 0.29) is 5.97 Å². The SMILES string of the molecule is COc1cccc(COC(=O)CC2CCCN2)c1. The van der Waals surface area contributed by atoms with Crippen LogP contribution in [-0.4, -0.2) is 25.7 Å². The molecule has 18 heavy (non-hydrogen) atoms. The molecule has 1 aliphatic rings. The highest BCUT2D eigenvalue weighted by atomic mass is 16.5. The topological polar surface area (TPSA) is 47.6 Å². The van der Waals surface area contributed by atoms with Crippen LogP contribution in [0.1, 0.15) is 24.8 Å². The van der Waals surface area contributed by atoms with Crippen molar-refractivity contribution in [2.24, 2.45) is 0 Å². The second-order valence-corrected chi connectivity index (χ2v) is 4.51. The van der Waals surface area contributed by atoms with Crippen LogP contribution in [0.3, 0.4) is 0 Å². The highest BCUT2D eigenvalue weighted by Crippen LogP contribution is 2.14. The summed E-state index contributed by atoms with van der Waals surface area (Å²) in [6.07, 6.45) is 2.67. The summed E-state index contributed by atoms with van der Waals surface area (Å²) in [7, 11) is 1.62. The van der Waals surface area contributed by atoms with Crippen LogP contribution in [0, 0.1) is 0 Å². The van der Waals surface area contributed by atoms with E-state index in [2.05, 4.69) is 5.32 Å². The standard InChI is InChI=1S/C14H19NO3/c1-17-13-6-2-4-11(8-13)10-18-14(16)9-12-5-3-7-15-12/h2,4,6,8,12,15H,3,5,7,9-10H2,1H3. The molecule has 1 fully saturated rings. The fourth-order valence-electron chi connectivity index (χ4n) is 2.12. The Hall–Kier alpha value is -1.55. The van der Waals surface area contributed by atoms with E-state index >= 15 is 0 Å². The Morgan fingerprint density at radius 2 is 2.39 bits per heavy atom. The third-order valence-corrected chi connectivity index (χ3v) is 3.11. The van der Waals surface area contributed by atoms with Crippen molar-refractivity contribution < 1.29 is 14.3 Å². The first kappa shape index (κ1) is 12.9. The minimum absolute atomic E-state index is 0.141. The number of esters is 1. The number of nitrogens with one attached hydrogen (secondary N) is 1. The maximum atomic E-state index is 11.6. The molecule has 4 heteroatoms. The number of carbonyl (C=O) groups is 1. The van der Waals surface area contributed by atoms with E-state index in [0.29, 0.717) is 19.1 Å². The molecule has 1 aromatic carbocycles. The summed E-state index contributed by atoms with van der Waals surface area (Å²) in [5.74, 6) is 0.637. The van der Waals surface area contributed by atoms with E-state index in [9.17, 15) is 4.79 Å². The van der Waals surface area contributed by atoms with Gasteiger partial charge in [-0.3, -0.25) is 4.79 Å². The zero-order chi connectivity index (χ0) is 12.8. The van der Waals surface area contributed by atoms with E-state index < -0.39 is 0 Å². The van der Waals surface area contributed by atoms with Crippen molar-refractivity contribution in [1.29, 1.82) is 0 Å². The fourth-order valence-corrected chi connectivity index (χ4v) is 2.12. The summed E-state index contributed by atoms with van der Waals surface area (Å²) in [6, 6.07) is 7.85. The largest absolute Gasteiger partial charge is 0.497 e. The van der Waals surface area contributed by atoms with Gasteiger partial charge in [-0.2, -0.15) is 0 Å². The van der Waals surface area contributed by atoms with Gasteiger partial charge in [0, 0.05) is 6.04 Å². The molecule has 0 spiro atoms. The summed E-state index contributed by atoms with van der Waals surface area (Å²) < 4.78 is 10.4. The quantitative estimate of drug-likeness (QED) is 0.809. The monoisotopic (exact) mass is 249 g/mol. The van der Waals surface area contributed by atoms with E-state index in [1.54, 1.807) is 7.11 Å². The third-order valence-electron chi connectivity index (χ3n) is 3.11. The number of ether oxygens (including phenoxy) is 2. The van der Waals surface area contributed by atoms with E-state index in [0.717, 1.165) is 30.7 Å². The molecule has 2 rings (SSSR count). The normalized spacial score (nSPS) is 18.6. The van der Waals surface area contributed by atoms with Crippen LogP contribution in [0.25, 0.3) is 0 Å². The first-order valence-corrected chi connectivity index (χ1v) is 6.30. The maximum Gasteiger partial charge on any atom is 0.307 e. The summed E-state index contributed by atoms with van der Waals surface area (Å²) >= 11 is 0. The van der Waals surface area contributed by atoms with Crippen LogP contribution in [0.15, 0.2) is 24.3 Å². The Labute approximate surface area is 107 Å². The molecule has 0 aromatic heterocycles. The van der Waals surface area contributed by atoms with Gasteiger partial charge in [0.05, 0.1) is 13.5 Å². The lowest BCUT2D eigenvalue weighted by atomic mass is 10.1. The van der Waals surface area contributed by atoms with Crippen molar-refractivity contribution in [2.75, 3.05) is 13.7 Å². The Bertz CT molecular complexity index is 400. The van der Waals surface area contributed by atoms with Gasteiger partial charge in [-0.25, -0.2) is 0 Å². The molecule has 0 bridgehead atoms. The molecule has 0 radical (unpaired) electrons. The van der Waals surface area contributed by atoms with Crippen LogP contribution < -0.4 is 10.1 Å². The predicted molar refractivity (Wildman–Crippen MR) is 68.4 cm³/mol. The lowest BCUT2D eigenvalue weighted by molar-refractivity contribution is -0.145. The molecule has 1 saturated heterocycles. The zero-order valence-electron chi connectivity index (χ0n) is 10.6. The van der Waals surface area contributed by atoms with Gasteiger partial charge in [-0.1, -0.05) is 12.1 Å². The van der Waals surface area contributed by atoms with Crippen molar-refractivity contribution in [3.63, 3.8) is 0 Å². The minimum Gasteiger partial charge on any atom is -0.497 e. The Morgan fingerprint density at radius 3 is 3.11 bits per heavy atom. The van der Waals surface area contributed by atoms with Crippen molar-refractivity contribution in [3.8, 4) is 5.75 Å². The van der Waals surface area contributed by atoms with Crippen LogP contribution >= 0.6 is 0 Å². The molecule has 1 aliphatic heterocycles. The van der Waals surface area contributed by atoms with Crippen molar-refractivity contribution in [3.05, 3.63) is 29.8 Å². The van der Waals surface area contributed by atoms with Gasteiger partial charge in [0.1, 0.15) is 12.4 Å². The Morgan fingerprint density at radius 1 is 1.50 bits per heavy atom. The molecule has 4 nitrogen and oxygen atoms in total. The van der Waals surface area contributed by atoms with E-state index in [4.69, 9.17) is 9.47 Å². The predicted octanol–water partition coefficient (Wildman–Crippen LogP) is 1.88. The molecular formula is C14H19NO3. The number of benzene rings is 1. The van der Waals surface area contributed by atoms with Gasteiger partial charge < -0.3 is 14.8 Å². The summed E-state index contributed by atoms with van der Waals surface area (Å²) in [6.45, 7) is 1.32. The number of hydrogen-bond acceptors (Lipinski definition) is 4. The lowest BCUT2D eigenvalue weighted by Crippen LogP contribution is -2.25. The molecule has 1 heterocycles. The number of methoxy groups -OCH3 is 1. The molecule has 1 N–H and O–H groups in total. The van der Waals surface area contributed by atoms with E-state index in [1.807, 2.05) is 24.3 Å². The Balaban J connectivity index is 1.77. The number of rotatable bonds is 5. The third kappa shape index (κ3) is 3.74. The average Bonchev–Trinajstić information content (AvgIpc) is 2.89. The molecule has 0 aliphatic carbocycles. The molecule has 1 aromatic rings. The average molecular weight is 249 g/mol. The smallest absolute Gasteiger partial charge is 0.307 e. The van der Waals surface area contributed by atoms with Gasteiger partial charge in [0.15, 0.2) is 0 Å². The van der Waals surface area contributed by atoms with Gasteiger partial charge in [-0.15, -0.1) is 0 Å². The van der Waals surface area contributed by atoms with Crippen LogP contribution in [0.5, 0.6) is 5.75 Å². The summed E-state index contributed by atoms with van der Waals surface area (Å²) in [5.41, 5.74) is 0.946. The maximum absolute atomic E-state index is 11.6. The van der Waals surface area contributed by atoms with Crippen LogP contribution in [-0.2, 0) is 16.1 Å². The first-order valence-electron chi connectivity index (χ1n) is 6.30. The highest BCUT2D eigenvalue weighted by molar-refractivity contribution is 5.70. The summed E-state index contributed by atoms with van der Waals surface area (Å²) in [5, 5.41) is 3.28. The number of carbonyl (C=O) groups excluding carboxylic acids is 1. The van der Waals surface area contributed by atoms with Crippen molar-refractivity contribution >= 4 is 5.97 Å². The fraction of sp³-hybridized carbons (Fsp3) is 0.500. The summed E-state index contributed by atoms with van der Waals surface area (Å²) in [4.78, 5) is 11.6. The number of hydrogen-bond donors (Lipinski definition) is 1. The van der Waals surface area contributed by atoms with Crippen LogP contribution in [0.2, 0.25) is 0 Å². The molecule has 1 atom stereocenters. The molecule has 0 amide bonds. The van der Waals surface area contributed by atoms with Gasteiger partial charge in [-0.05, 0) is 37.1 Å². The first-order chi connectivity index (χ1) is 8.78. The second kappa shape index (κ2) is 6.40. The molecule has 98 valence electrons. The van der Waals surface area contributed by atoms with E-state index in [1.165, 1.54) is 0 Å². The molecule has 0 saturated carbocycles. The van der Waals surface area contributed by atoms with Gasteiger partial charge >= 0.3 is 5.97 Å². The zero-order valence-corrected chi connectivity index (χ0v) is 10.6. The van der Waals surface area contributed by atoms with Crippen molar-refractivity contribution in [1.82, 2.24) is 5.32 Å². The highest BCUT2D eigenvalue weighted by Gasteiger charge is 2.18. The second-order valence-electron chi connectivity index (χ2n) is 4.51. The molecule has 1 unspecified atom stereocenters. The minimum atomic E-state index is -0.141. The lowest BCUT2D eigenvalue weighted by Gasteiger charge is -2.10. The Kier molecular flexibility index (Phi) is 4.59. The molecular weight excluding hydrogens is 230 g/mol. The van der Waals surface area contributed by atoms with Crippen molar-refractivity contribution in [2.45, 2.75) is 31.9 Å². The van der Waals surface area contributed by atoms with Gasteiger partial charge in [0.25, 0.3) is 0 Å².